The summed E-state index contributed by atoms with van der Waals surface area (Å²) in [4.78, 5) is 27.6. The Bertz CT molecular complexity index is 764. The van der Waals surface area contributed by atoms with Gasteiger partial charge in [-0.1, -0.05) is 33.6 Å². The number of carbonyl (C=O) groups excluding carboxylic acids is 1. The van der Waals surface area contributed by atoms with Crippen LogP contribution in [0.5, 0.6) is 0 Å². The molecule has 0 radical (unpaired) electrons. The van der Waals surface area contributed by atoms with Crippen molar-refractivity contribution in [1.29, 1.82) is 0 Å². The van der Waals surface area contributed by atoms with E-state index in [1.54, 1.807) is 0 Å². The van der Waals surface area contributed by atoms with Crippen molar-refractivity contribution in [2.75, 3.05) is 7.11 Å². The molecule has 21 heavy (non-hydrogen) atoms. The van der Waals surface area contributed by atoms with Gasteiger partial charge in [-0.3, -0.25) is 4.79 Å². The first-order valence-electron chi connectivity index (χ1n) is 5.71. The lowest BCUT2D eigenvalue weighted by Crippen LogP contribution is -2.22. The van der Waals surface area contributed by atoms with Crippen LogP contribution in [-0.4, -0.2) is 22.6 Å². The molecule has 0 saturated heterocycles. The van der Waals surface area contributed by atoms with Crippen molar-refractivity contribution in [3.63, 3.8) is 0 Å². The average Bonchev–Trinajstić information content (AvgIpc) is 2.45. The van der Waals surface area contributed by atoms with E-state index in [0.717, 1.165) is 10.6 Å². The summed E-state index contributed by atoms with van der Waals surface area (Å²) in [7, 11) is 1.21. The molecular formula is C13H9BrClFN2O3. The Morgan fingerprint density at radius 1 is 1.52 bits per heavy atom. The molecular weight excluding hydrogens is 367 g/mol. The molecule has 2 heterocycles. The third-order valence-electron chi connectivity index (χ3n) is 2.68. The Morgan fingerprint density at radius 2 is 2.24 bits per heavy atom. The predicted molar refractivity (Wildman–Crippen MR) is 78.8 cm³/mol. The number of alkyl halides is 1. The molecule has 2 aromatic rings. The molecule has 2 rings (SSSR count). The zero-order valence-electron chi connectivity index (χ0n) is 10.8. The van der Waals surface area contributed by atoms with Crippen molar-refractivity contribution in [2.24, 2.45) is 0 Å². The SMILES string of the molecule is COC(=O)c1c(Cl)cc(-n2c(F)cccc2=O)nc1CBr. The van der Waals surface area contributed by atoms with Crippen molar-refractivity contribution < 1.29 is 13.9 Å². The first kappa shape index (κ1) is 15.7. The van der Waals surface area contributed by atoms with E-state index in [0.29, 0.717) is 0 Å². The van der Waals surface area contributed by atoms with E-state index in [2.05, 4.69) is 25.7 Å². The molecule has 0 saturated carbocycles. The number of methoxy groups -OCH3 is 1. The highest BCUT2D eigenvalue weighted by atomic mass is 79.9. The maximum absolute atomic E-state index is 13.8. The number of rotatable bonds is 3. The zero-order chi connectivity index (χ0) is 15.6. The molecule has 0 N–H and O–H groups in total. The molecule has 0 spiro atoms. The second-order valence-corrected chi connectivity index (χ2v) is 4.90. The Morgan fingerprint density at radius 3 is 2.81 bits per heavy atom. The summed E-state index contributed by atoms with van der Waals surface area (Å²) in [5, 5.41) is 0.213. The fraction of sp³-hybridized carbons (Fsp3) is 0.154. The maximum atomic E-state index is 13.8. The van der Waals surface area contributed by atoms with Gasteiger partial charge < -0.3 is 4.74 Å². The van der Waals surface area contributed by atoms with Gasteiger partial charge in [-0.2, -0.15) is 4.39 Å². The van der Waals surface area contributed by atoms with E-state index in [1.165, 1.54) is 25.3 Å². The van der Waals surface area contributed by atoms with Gasteiger partial charge in [0.25, 0.3) is 5.56 Å². The predicted octanol–water partition coefficient (Wildman–Crippen LogP) is 2.71. The van der Waals surface area contributed by atoms with Crippen molar-refractivity contribution in [1.82, 2.24) is 9.55 Å². The summed E-state index contributed by atoms with van der Waals surface area (Å²) < 4.78 is 19.2. The molecule has 0 atom stereocenters. The molecule has 8 heteroatoms. The van der Waals surface area contributed by atoms with E-state index in [1.807, 2.05) is 0 Å². The molecule has 0 amide bonds. The largest absolute Gasteiger partial charge is 0.465 e. The van der Waals surface area contributed by atoms with E-state index < -0.39 is 17.5 Å². The standard InChI is InChI=1S/C13H9BrClFN2O3/c1-21-13(20)12-7(15)5-10(17-8(12)6-14)18-9(16)3-2-4-11(18)19/h2-5H,6H2,1H3. The van der Waals surface area contributed by atoms with Crippen LogP contribution in [-0.2, 0) is 10.1 Å². The molecule has 0 bridgehead atoms. The van der Waals surface area contributed by atoms with Gasteiger partial charge in [0.1, 0.15) is 11.4 Å². The smallest absolute Gasteiger partial charge is 0.341 e. The van der Waals surface area contributed by atoms with Crippen LogP contribution in [0.15, 0.2) is 29.1 Å². The Kier molecular flexibility index (Phi) is 4.74. The molecule has 0 aliphatic heterocycles. The van der Waals surface area contributed by atoms with Crippen molar-refractivity contribution in [3.8, 4) is 5.82 Å². The monoisotopic (exact) mass is 374 g/mol. The first-order chi connectivity index (χ1) is 9.99. The van der Waals surface area contributed by atoms with Crippen LogP contribution in [0.3, 0.4) is 0 Å². The number of nitrogens with zero attached hydrogens (tertiary/aromatic N) is 2. The highest BCUT2D eigenvalue weighted by Crippen LogP contribution is 2.24. The minimum absolute atomic E-state index is 0.00907. The third-order valence-corrected chi connectivity index (χ3v) is 3.51. The topological polar surface area (TPSA) is 61.2 Å². The fourth-order valence-corrected chi connectivity index (χ4v) is 2.45. The van der Waals surface area contributed by atoms with Gasteiger partial charge in [0.15, 0.2) is 0 Å². The zero-order valence-corrected chi connectivity index (χ0v) is 13.1. The number of hydrogen-bond donors (Lipinski definition) is 0. The van der Waals surface area contributed by atoms with Gasteiger partial charge in [0.05, 0.1) is 17.8 Å². The van der Waals surface area contributed by atoms with Gasteiger partial charge >= 0.3 is 5.97 Å². The number of esters is 1. The number of aromatic nitrogens is 2. The van der Waals surface area contributed by atoms with Crippen molar-refractivity contribution in [3.05, 3.63) is 56.8 Å². The van der Waals surface area contributed by atoms with Gasteiger partial charge in [0.2, 0.25) is 5.95 Å². The average molecular weight is 376 g/mol. The van der Waals surface area contributed by atoms with Crippen LogP contribution >= 0.6 is 27.5 Å². The molecule has 0 unspecified atom stereocenters. The first-order valence-corrected chi connectivity index (χ1v) is 7.21. The van der Waals surface area contributed by atoms with E-state index in [4.69, 9.17) is 11.6 Å². The Balaban J connectivity index is 2.71. The second kappa shape index (κ2) is 6.36. The number of pyridine rings is 2. The van der Waals surface area contributed by atoms with Crippen LogP contribution in [0.2, 0.25) is 5.02 Å². The van der Waals surface area contributed by atoms with Gasteiger partial charge in [-0.15, -0.1) is 0 Å². The summed E-state index contributed by atoms with van der Waals surface area (Å²) in [5.74, 6) is -1.45. The molecule has 0 aromatic carbocycles. The Hall–Kier alpha value is -1.73. The quantitative estimate of drug-likeness (QED) is 0.470. The number of halogens is 3. The Labute approximate surface area is 132 Å². The van der Waals surface area contributed by atoms with E-state index in [9.17, 15) is 14.0 Å². The summed E-state index contributed by atoms with van der Waals surface area (Å²) in [6.07, 6.45) is 0. The number of ether oxygens (including phenoxy) is 1. The molecule has 5 nitrogen and oxygen atoms in total. The van der Waals surface area contributed by atoms with Gasteiger partial charge in [-0.05, 0) is 6.07 Å². The van der Waals surface area contributed by atoms with E-state index in [-0.39, 0.29) is 27.4 Å². The van der Waals surface area contributed by atoms with E-state index >= 15 is 0 Å². The highest BCUT2D eigenvalue weighted by molar-refractivity contribution is 9.08. The lowest BCUT2D eigenvalue weighted by atomic mass is 10.2. The summed E-state index contributed by atoms with van der Waals surface area (Å²) in [6.45, 7) is 0. The summed E-state index contributed by atoms with van der Waals surface area (Å²) >= 11 is 9.22. The summed E-state index contributed by atoms with van der Waals surface area (Å²) in [6, 6.07) is 4.86. The third kappa shape index (κ3) is 2.98. The fourth-order valence-electron chi connectivity index (χ4n) is 1.76. The lowest BCUT2D eigenvalue weighted by Gasteiger charge is -2.11. The van der Waals surface area contributed by atoms with Crippen LogP contribution in [0.4, 0.5) is 4.39 Å². The van der Waals surface area contributed by atoms with Crippen LogP contribution in [0.25, 0.3) is 5.82 Å². The molecule has 110 valence electrons. The minimum Gasteiger partial charge on any atom is -0.465 e. The molecule has 2 aromatic heterocycles. The number of carbonyl (C=O) groups is 1. The lowest BCUT2D eigenvalue weighted by molar-refractivity contribution is 0.0599. The maximum Gasteiger partial charge on any atom is 0.341 e. The van der Waals surface area contributed by atoms with Gasteiger partial charge in [-0.25, -0.2) is 14.3 Å². The highest BCUT2D eigenvalue weighted by Gasteiger charge is 2.20. The van der Waals surface area contributed by atoms with Crippen LogP contribution in [0, 0.1) is 5.95 Å². The second-order valence-electron chi connectivity index (χ2n) is 3.93. The molecule has 0 aliphatic carbocycles. The van der Waals surface area contributed by atoms with Crippen LogP contribution in [0.1, 0.15) is 16.1 Å². The minimum atomic E-state index is -0.780. The van der Waals surface area contributed by atoms with Gasteiger partial charge in [0, 0.05) is 17.5 Å². The van der Waals surface area contributed by atoms with Crippen molar-refractivity contribution in [2.45, 2.75) is 5.33 Å². The number of hydrogen-bond acceptors (Lipinski definition) is 4. The summed E-state index contributed by atoms with van der Waals surface area (Å²) in [5.41, 5.74) is -0.270. The molecule has 0 aliphatic rings. The molecule has 0 fully saturated rings. The normalized spacial score (nSPS) is 10.5. The van der Waals surface area contributed by atoms with Crippen LogP contribution < -0.4 is 5.56 Å². The van der Waals surface area contributed by atoms with Crippen molar-refractivity contribution >= 4 is 33.5 Å².